The summed E-state index contributed by atoms with van der Waals surface area (Å²) in [7, 11) is 0. The fraction of sp³-hybridized carbons (Fsp3) is 0.929. The molecule has 0 aromatic heterocycles. The molecule has 0 aromatic carbocycles. The molecule has 0 aromatic rings. The van der Waals surface area contributed by atoms with E-state index in [0.717, 1.165) is 0 Å². The van der Waals surface area contributed by atoms with Crippen LogP contribution < -0.4 is 5.32 Å². The molecule has 2 aliphatic carbocycles. The maximum atomic E-state index is 13.1. The zero-order valence-corrected chi connectivity index (χ0v) is 12.5. The molecular weight excluding hydrogens is 287 g/mol. The Kier molecular flexibility index (Phi) is 3.93. The molecule has 1 amide bonds. The van der Waals surface area contributed by atoms with Gasteiger partial charge in [0.2, 0.25) is 0 Å². The van der Waals surface area contributed by atoms with Crippen molar-refractivity contribution in [2.75, 3.05) is 0 Å². The molecule has 21 heavy (non-hydrogen) atoms. The summed E-state index contributed by atoms with van der Waals surface area (Å²) in [5.74, 6) is -1.70. The first-order valence-corrected chi connectivity index (χ1v) is 7.22. The SMILES string of the molecule is CC(C)(C)OC(=O)NC1C[C@H]2CC[C@@H](C1)C2(O)C(F)(F)F. The molecule has 4 nitrogen and oxygen atoms in total. The van der Waals surface area contributed by atoms with E-state index in [4.69, 9.17) is 4.74 Å². The second-order valence-electron chi connectivity index (χ2n) is 7.11. The molecule has 0 heterocycles. The number of aliphatic hydroxyl groups is 1. The van der Waals surface area contributed by atoms with Gasteiger partial charge in [-0.05, 0) is 58.3 Å². The number of nitrogens with one attached hydrogen (secondary N) is 1. The molecule has 2 N–H and O–H groups in total. The van der Waals surface area contributed by atoms with Crippen LogP contribution in [-0.4, -0.2) is 34.6 Å². The van der Waals surface area contributed by atoms with Gasteiger partial charge in [0.25, 0.3) is 0 Å². The van der Waals surface area contributed by atoms with Crippen molar-refractivity contribution in [1.82, 2.24) is 5.32 Å². The van der Waals surface area contributed by atoms with Gasteiger partial charge in [-0.1, -0.05) is 0 Å². The second kappa shape index (κ2) is 5.04. The Morgan fingerprint density at radius 3 is 2.05 bits per heavy atom. The van der Waals surface area contributed by atoms with E-state index in [-0.39, 0.29) is 18.9 Å². The third-order valence-corrected chi connectivity index (χ3v) is 4.42. The van der Waals surface area contributed by atoms with Crippen molar-refractivity contribution < 1.29 is 27.8 Å². The fourth-order valence-corrected chi connectivity index (χ4v) is 3.61. The summed E-state index contributed by atoms with van der Waals surface area (Å²) in [5.41, 5.74) is -3.25. The Labute approximate surface area is 122 Å². The third kappa shape index (κ3) is 3.12. The molecule has 0 spiro atoms. The van der Waals surface area contributed by atoms with Crippen molar-refractivity contribution in [3.8, 4) is 0 Å². The molecule has 2 bridgehead atoms. The summed E-state index contributed by atoms with van der Waals surface area (Å²) in [6.07, 6.45) is -4.29. The van der Waals surface area contributed by atoms with Crippen LogP contribution in [-0.2, 0) is 4.74 Å². The molecule has 4 atom stereocenters. The second-order valence-corrected chi connectivity index (χ2v) is 7.11. The van der Waals surface area contributed by atoms with Crippen molar-refractivity contribution >= 4 is 6.09 Å². The number of carbonyl (C=O) groups excluding carboxylic acids is 1. The Morgan fingerprint density at radius 1 is 1.19 bits per heavy atom. The molecule has 2 unspecified atom stereocenters. The van der Waals surface area contributed by atoms with Gasteiger partial charge in [-0.25, -0.2) is 4.79 Å². The minimum absolute atomic E-state index is 0.131. The van der Waals surface area contributed by atoms with Gasteiger partial charge in [-0.3, -0.25) is 0 Å². The number of halogens is 3. The third-order valence-electron chi connectivity index (χ3n) is 4.42. The Bertz CT molecular complexity index is 403. The lowest BCUT2D eigenvalue weighted by Crippen LogP contribution is -2.59. The molecule has 2 aliphatic rings. The number of rotatable bonds is 1. The van der Waals surface area contributed by atoms with E-state index in [0.29, 0.717) is 12.8 Å². The first kappa shape index (κ1) is 16.4. The van der Waals surface area contributed by atoms with Crippen LogP contribution in [0.3, 0.4) is 0 Å². The summed E-state index contributed by atoms with van der Waals surface area (Å²) in [5, 5.41) is 12.7. The predicted molar refractivity (Wildman–Crippen MR) is 69.6 cm³/mol. The highest BCUT2D eigenvalue weighted by Gasteiger charge is 2.67. The number of hydrogen-bond acceptors (Lipinski definition) is 3. The molecule has 0 aliphatic heterocycles. The number of alkyl carbamates (subject to hydrolysis) is 1. The summed E-state index contributed by atoms with van der Waals surface area (Å²) < 4.78 is 44.5. The highest BCUT2D eigenvalue weighted by Crippen LogP contribution is 2.56. The maximum Gasteiger partial charge on any atom is 0.417 e. The largest absolute Gasteiger partial charge is 0.444 e. The van der Waals surface area contributed by atoms with E-state index in [1.54, 1.807) is 20.8 Å². The van der Waals surface area contributed by atoms with Crippen LogP contribution >= 0.6 is 0 Å². The monoisotopic (exact) mass is 309 g/mol. The number of hydrogen-bond donors (Lipinski definition) is 2. The first-order chi connectivity index (χ1) is 9.43. The lowest BCUT2D eigenvalue weighted by molar-refractivity contribution is -0.295. The average Bonchev–Trinajstić information content (AvgIpc) is 2.46. The fourth-order valence-electron chi connectivity index (χ4n) is 3.61. The topological polar surface area (TPSA) is 58.6 Å². The Balaban J connectivity index is 2.00. The van der Waals surface area contributed by atoms with Crippen LogP contribution in [0.2, 0.25) is 0 Å². The van der Waals surface area contributed by atoms with Crippen molar-refractivity contribution in [3.63, 3.8) is 0 Å². The molecular formula is C14H22F3NO3. The first-order valence-electron chi connectivity index (χ1n) is 7.22. The normalized spacial score (nSPS) is 36.4. The van der Waals surface area contributed by atoms with Crippen LogP contribution in [0.5, 0.6) is 0 Å². The van der Waals surface area contributed by atoms with Gasteiger partial charge in [-0.15, -0.1) is 0 Å². The molecule has 2 saturated carbocycles. The molecule has 2 fully saturated rings. The van der Waals surface area contributed by atoms with E-state index in [1.807, 2.05) is 0 Å². The quantitative estimate of drug-likeness (QED) is 0.783. The Hall–Kier alpha value is -0.980. The minimum Gasteiger partial charge on any atom is -0.444 e. The highest BCUT2D eigenvalue weighted by atomic mass is 19.4. The van der Waals surface area contributed by atoms with Gasteiger partial charge in [0.05, 0.1) is 0 Å². The smallest absolute Gasteiger partial charge is 0.417 e. The summed E-state index contributed by atoms with van der Waals surface area (Å²) in [6.45, 7) is 5.17. The molecule has 0 radical (unpaired) electrons. The van der Waals surface area contributed by atoms with Crippen molar-refractivity contribution in [3.05, 3.63) is 0 Å². The van der Waals surface area contributed by atoms with Crippen LogP contribution in [0, 0.1) is 11.8 Å². The number of ether oxygens (including phenoxy) is 1. The van der Waals surface area contributed by atoms with E-state index in [2.05, 4.69) is 5.32 Å². The average molecular weight is 309 g/mol. The van der Waals surface area contributed by atoms with E-state index in [1.165, 1.54) is 0 Å². The van der Waals surface area contributed by atoms with Crippen molar-refractivity contribution in [2.45, 2.75) is 69.9 Å². The van der Waals surface area contributed by atoms with Crippen LogP contribution in [0.25, 0.3) is 0 Å². The van der Waals surface area contributed by atoms with Crippen LogP contribution in [0.1, 0.15) is 46.5 Å². The minimum atomic E-state index is -4.62. The van der Waals surface area contributed by atoms with Gasteiger partial charge in [-0.2, -0.15) is 13.2 Å². The van der Waals surface area contributed by atoms with Gasteiger partial charge < -0.3 is 15.2 Å². The molecule has 2 rings (SSSR count). The summed E-state index contributed by atoms with van der Waals surface area (Å²) in [6, 6.07) is -0.375. The summed E-state index contributed by atoms with van der Waals surface area (Å²) in [4.78, 5) is 11.7. The lowest BCUT2D eigenvalue weighted by Gasteiger charge is -2.43. The number of alkyl halides is 3. The van der Waals surface area contributed by atoms with Crippen molar-refractivity contribution in [1.29, 1.82) is 0 Å². The van der Waals surface area contributed by atoms with Gasteiger partial charge in [0.1, 0.15) is 5.60 Å². The number of fused-ring (bicyclic) bond motifs is 2. The Morgan fingerprint density at radius 2 is 1.67 bits per heavy atom. The van der Waals surface area contributed by atoms with Gasteiger partial charge >= 0.3 is 12.3 Å². The van der Waals surface area contributed by atoms with E-state index in [9.17, 15) is 23.1 Å². The van der Waals surface area contributed by atoms with E-state index >= 15 is 0 Å². The summed E-state index contributed by atoms with van der Waals surface area (Å²) >= 11 is 0. The van der Waals surface area contributed by atoms with Gasteiger partial charge in [0.15, 0.2) is 5.60 Å². The zero-order valence-electron chi connectivity index (χ0n) is 12.5. The van der Waals surface area contributed by atoms with Crippen LogP contribution in [0.15, 0.2) is 0 Å². The standard InChI is InChI=1S/C14H22F3NO3/c1-12(2,3)21-11(19)18-10-6-8-4-5-9(7-10)13(8,20)14(15,16)17/h8-10,20H,4-7H2,1-3H3,(H,18,19)/t8-,9+,10?,13?. The van der Waals surface area contributed by atoms with Crippen LogP contribution in [0.4, 0.5) is 18.0 Å². The van der Waals surface area contributed by atoms with Gasteiger partial charge in [0, 0.05) is 6.04 Å². The molecule has 0 saturated heterocycles. The van der Waals surface area contributed by atoms with Crippen molar-refractivity contribution in [2.24, 2.45) is 11.8 Å². The maximum absolute atomic E-state index is 13.1. The molecule has 122 valence electrons. The zero-order chi connectivity index (χ0) is 16.1. The number of carbonyl (C=O) groups is 1. The number of amides is 1. The highest BCUT2D eigenvalue weighted by molar-refractivity contribution is 5.68. The lowest BCUT2D eigenvalue weighted by atomic mass is 9.72. The molecule has 7 heteroatoms. The van der Waals surface area contributed by atoms with E-state index < -0.39 is 35.3 Å². The predicted octanol–water partition coefficient (Wildman–Crippen LogP) is 2.99.